The minimum absolute atomic E-state index is 0.00643. The molecule has 2 aromatic rings. The van der Waals surface area contributed by atoms with Gasteiger partial charge in [0.15, 0.2) is 0 Å². The maximum absolute atomic E-state index is 12.6. The Morgan fingerprint density at radius 2 is 1.71 bits per heavy atom. The van der Waals surface area contributed by atoms with E-state index in [0.717, 1.165) is 5.69 Å². The molecule has 1 aliphatic carbocycles. The summed E-state index contributed by atoms with van der Waals surface area (Å²) in [5.41, 5.74) is 2.12. The third kappa shape index (κ3) is 4.36. The molecule has 0 aromatic heterocycles. The number of nitrogens with zero attached hydrogens (tertiary/aromatic N) is 1. The molecule has 1 aliphatic rings. The number of carbonyl (C=O) groups is 1. The predicted octanol–water partition coefficient (Wildman–Crippen LogP) is 2.75. The van der Waals surface area contributed by atoms with Crippen molar-refractivity contribution in [1.29, 1.82) is 0 Å². The molecule has 0 saturated heterocycles. The van der Waals surface area contributed by atoms with Crippen LogP contribution >= 0.6 is 0 Å². The van der Waals surface area contributed by atoms with E-state index in [4.69, 9.17) is 0 Å². The lowest BCUT2D eigenvalue weighted by molar-refractivity contribution is -0.120. The highest BCUT2D eigenvalue weighted by atomic mass is 16.3. The summed E-state index contributed by atoms with van der Waals surface area (Å²) >= 11 is 0. The van der Waals surface area contributed by atoms with Crippen molar-refractivity contribution in [2.24, 2.45) is 5.92 Å². The number of carbonyl (C=O) groups excluding carboxylic acids is 1. The van der Waals surface area contributed by atoms with Gasteiger partial charge >= 0.3 is 0 Å². The van der Waals surface area contributed by atoms with Crippen molar-refractivity contribution >= 4 is 11.6 Å². The molecular formula is C20H24N2O2. The van der Waals surface area contributed by atoms with Gasteiger partial charge in [-0.3, -0.25) is 4.79 Å². The topological polar surface area (TPSA) is 52.6 Å². The Morgan fingerprint density at radius 1 is 1.08 bits per heavy atom. The Kier molecular flexibility index (Phi) is 5.49. The first kappa shape index (κ1) is 16.5. The first-order valence-electron chi connectivity index (χ1n) is 8.53. The summed E-state index contributed by atoms with van der Waals surface area (Å²) in [5.74, 6) is 0.535. The second-order valence-corrected chi connectivity index (χ2v) is 6.27. The van der Waals surface area contributed by atoms with Crippen LogP contribution in [0.1, 0.15) is 24.4 Å². The minimum atomic E-state index is -0.00643. The average molecular weight is 324 g/mol. The van der Waals surface area contributed by atoms with E-state index in [-0.39, 0.29) is 25.1 Å². The Bertz CT molecular complexity index is 641. The minimum Gasteiger partial charge on any atom is -0.395 e. The fourth-order valence-electron chi connectivity index (χ4n) is 3.01. The average Bonchev–Trinajstić information content (AvgIpc) is 3.46. The Balaban J connectivity index is 1.66. The smallest absolute Gasteiger partial charge is 0.240 e. The van der Waals surface area contributed by atoms with Crippen LogP contribution in [0.2, 0.25) is 0 Å². The standard InChI is InChI=1S/C20H24N2O2/c23-14-13-22(18-9-5-2-6-10-18)15-19(24)21-20(17-11-12-17)16-7-3-1-4-8-16/h1-10,17,20,23H,11-15H2,(H,21,24). The van der Waals surface area contributed by atoms with Gasteiger partial charge < -0.3 is 15.3 Å². The molecule has 3 rings (SSSR count). The number of anilines is 1. The summed E-state index contributed by atoms with van der Waals surface area (Å²) in [5, 5.41) is 12.5. The Morgan fingerprint density at radius 3 is 2.29 bits per heavy atom. The lowest BCUT2D eigenvalue weighted by Crippen LogP contribution is -2.40. The van der Waals surface area contributed by atoms with Crippen LogP contribution in [0.5, 0.6) is 0 Å². The van der Waals surface area contributed by atoms with Crippen LogP contribution in [-0.2, 0) is 4.79 Å². The van der Waals surface area contributed by atoms with Crippen molar-refractivity contribution in [3.63, 3.8) is 0 Å². The summed E-state index contributed by atoms with van der Waals surface area (Å²) in [7, 11) is 0. The van der Waals surface area contributed by atoms with E-state index in [1.54, 1.807) is 0 Å². The monoisotopic (exact) mass is 324 g/mol. The third-order valence-electron chi connectivity index (χ3n) is 4.39. The number of nitrogens with one attached hydrogen (secondary N) is 1. The first-order valence-corrected chi connectivity index (χ1v) is 8.53. The molecule has 1 atom stereocenters. The molecule has 1 unspecified atom stereocenters. The van der Waals surface area contributed by atoms with Crippen LogP contribution in [0.3, 0.4) is 0 Å². The molecule has 4 heteroatoms. The fraction of sp³-hybridized carbons (Fsp3) is 0.350. The highest BCUT2D eigenvalue weighted by Gasteiger charge is 2.33. The number of aliphatic hydroxyl groups is 1. The number of hydrogen-bond acceptors (Lipinski definition) is 3. The van der Waals surface area contributed by atoms with Crippen molar-refractivity contribution in [3.8, 4) is 0 Å². The van der Waals surface area contributed by atoms with Gasteiger partial charge in [-0.1, -0.05) is 48.5 Å². The summed E-state index contributed by atoms with van der Waals surface area (Å²) < 4.78 is 0. The normalized spacial score (nSPS) is 14.9. The second-order valence-electron chi connectivity index (χ2n) is 6.27. The quantitative estimate of drug-likeness (QED) is 0.785. The zero-order valence-electron chi connectivity index (χ0n) is 13.8. The van der Waals surface area contributed by atoms with Gasteiger partial charge in [0.05, 0.1) is 19.2 Å². The SMILES string of the molecule is O=C(CN(CCO)c1ccccc1)NC(c1ccccc1)C1CC1. The van der Waals surface area contributed by atoms with Gasteiger partial charge in [-0.25, -0.2) is 0 Å². The molecule has 0 heterocycles. The largest absolute Gasteiger partial charge is 0.395 e. The number of aliphatic hydroxyl groups excluding tert-OH is 1. The number of amides is 1. The Labute approximate surface area is 143 Å². The maximum Gasteiger partial charge on any atom is 0.240 e. The predicted molar refractivity (Wildman–Crippen MR) is 95.8 cm³/mol. The lowest BCUT2D eigenvalue weighted by Gasteiger charge is -2.25. The summed E-state index contributed by atoms with van der Waals surface area (Å²) in [6, 6.07) is 20.0. The molecule has 2 aromatic carbocycles. The van der Waals surface area contributed by atoms with E-state index in [1.165, 1.54) is 18.4 Å². The van der Waals surface area contributed by atoms with Crippen molar-refractivity contribution in [1.82, 2.24) is 5.32 Å². The first-order chi connectivity index (χ1) is 11.8. The van der Waals surface area contributed by atoms with Gasteiger partial charge in [0.1, 0.15) is 0 Å². The zero-order valence-corrected chi connectivity index (χ0v) is 13.8. The van der Waals surface area contributed by atoms with Crippen molar-refractivity contribution in [2.75, 3.05) is 24.6 Å². The molecule has 2 N–H and O–H groups in total. The van der Waals surface area contributed by atoms with Crippen LogP contribution in [0.15, 0.2) is 60.7 Å². The van der Waals surface area contributed by atoms with E-state index in [1.807, 2.05) is 53.4 Å². The fourth-order valence-corrected chi connectivity index (χ4v) is 3.01. The van der Waals surface area contributed by atoms with E-state index in [0.29, 0.717) is 12.5 Å². The van der Waals surface area contributed by atoms with Crippen LogP contribution in [0, 0.1) is 5.92 Å². The summed E-state index contributed by atoms with van der Waals surface area (Å²) in [6.07, 6.45) is 2.33. The van der Waals surface area contributed by atoms with Gasteiger partial charge in [0, 0.05) is 12.2 Å². The van der Waals surface area contributed by atoms with Crippen LogP contribution < -0.4 is 10.2 Å². The zero-order chi connectivity index (χ0) is 16.8. The van der Waals surface area contributed by atoms with Gasteiger partial charge in [0.2, 0.25) is 5.91 Å². The van der Waals surface area contributed by atoms with E-state index >= 15 is 0 Å². The van der Waals surface area contributed by atoms with Crippen molar-refractivity contribution in [2.45, 2.75) is 18.9 Å². The second kappa shape index (κ2) is 7.97. The van der Waals surface area contributed by atoms with Gasteiger partial charge in [-0.05, 0) is 36.5 Å². The molecule has 126 valence electrons. The number of rotatable bonds is 8. The molecule has 1 saturated carbocycles. The molecule has 0 bridgehead atoms. The molecule has 24 heavy (non-hydrogen) atoms. The Hall–Kier alpha value is -2.33. The number of para-hydroxylation sites is 1. The number of benzene rings is 2. The maximum atomic E-state index is 12.6. The van der Waals surface area contributed by atoms with Gasteiger partial charge in [0.25, 0.3) is 0 Å². The molecule has 0 aliphatic heterocycles. The van der Waals surface area contributed by atoms with Crippen molar-refractivity contribution in [3.05, 3.63) is 66.2 Å². The summed E-state index contributed by atoms with van der Waals surface area (Å²) in [4.78, 5) is 14.5. The molecule has 1 amide bonds. The van der Waals surface area contributed by atoms with Gasteiger partial charge in [-0.2, -0.15) is 0 Å². The summed E-state index contributed by atoms with van der Waals surface area (Å²) in [6.45, 7) is 0.713. The van der Waals surface area contributed by atoms with Gasteiger partial charge in [-0.15, -0.1) is 0 Å². The van der Waals surface area contributed by atoms with Crippen LogP contribution in [0.4, 0.5) is 5.69 Å². The number of hydrogen-bond donors (Lipinski definition) is 2. The molecule has 0 radical (unpaired) electrons. The lowest BCUT2D eigenvalue weighted by atomic mass is 10.0. The van der Waals surface area contributed by atoms with Crippen LogP contribution in [0.25, 0.3) is 0 Å². The molecule has 0 spiro atoms. The van der Waals surface area contributed by atoms with E-state index in [9.17, 15) is 9.90 Å². The van der Waals surface area contributed by atoms with E-state index < -0.39 is 0 Å². The molecular weight excluding hydrogens is 300 g/mol. The third-order valence-corrected chi connectivity index (χ3v) is 4.39. The molecule has 4 nitrogen and oxygen atoms in total. The van der Waals surface area contributed by atoms with Crippen LogP contribution in [-0.4, -0.2) is 30.7 Å². The van der Waals surface area contributed by atoms with E-state index in [2.05, 4.69) is 17.4 Å². The molecule has 1 fully saturated rings. The highest BCUT2D eigenvalue weighted by molar-refractivity contribution is 5.81. The highest BCUT2D eigenvalue weighted by Crippen LogP contribution is 2.40. The van der Waals surface area contributed by atoms with Crippen molar-refractivity contribution < 1.29 is 9.90 Å².